The van der Waals surface area contributed by atoms with Gasteiger partial charge in [0.05, 0.1) is 6.61 Å². The highest BCUT2D eigenvalue weighted by molar-refractivity contribution is 7.97. The van der Waals surface area contributed by atoms with E-state index in [1.165, 1.54) is 24.6 Å². The highest BCUT2D eigenvalue weighted by atomic mass is 32.2. The van der Waals surface area contributed by atoms with E-state index in [1.54, 1.807) is 7.05 Å². The number of amides is 1. The normalized spacial score (nSPS) is 11.3. The Hall–Kier alpha value is -2.35. The minimum Gasteiger partial charge on any atom is -0.398 e. The average molecular weight is 373 g/mol. The van der Waals surface area contributed by atoms with Crippen molar-refractivity contribution in [3.8, 4) is 0 Å². The molecule has 0 aliphatic carbocycles. The maximum atomic E-state index is 12.1. The minimum atomic E-state index is -0.319. The standard InChI is InChI=1S/C19H23N3O3S/c1-13-9-7-10-15(18(21-24-4)19(23)20-3)16(13)12-25-22-26-17-11-6-5-8-14(17)2/h5-11,22H,12H2,1-4H3,(H,20,23)/b21-18+. The molecular weight excluding hydrogens is 350 g/mol. The summed E-state index contributed by atoms with van der Waals surface area (Å²) in [6, 6.07) is 13.7. The third kappa shape index (κ3) is 5.08. The molecule has 0 radical (unpaired) electrons. The van der Waals surface area contributed by atoms with Crippen molar-refractivity contribution in [2.75, 3.05) is 14.2 Å². The second kappa shape index (κ2) is 9.96. The lowest BCUT2D eigenvalue weighted by Crippen LogP contribution is -2.29. The zero-order chi connectivity index (χ0) is 18.9. The first-order valence-corrected chi connectivity index (χ1v) is 8.91. The number of benzene rings is 2. The van der Waals surface area contributed by atoms with Crippen molar-refractivity contribution in [3.63, 3.8) is 0 Å². The fourth-order valence-electron chi connectivity index (χ4n) is 2.39. The van der Waals surface area contributed by atoms with Crippen molar-refractivity contribution < 1.29 is 14.5 Å². The van der Waals surface area contributed by atoms with Gasteiger partial charge in [0.25, 0.3) is 5.91 Å². The molecule has 0 spiro atoms. The third-order valence-electron chi connectivity index (χ3n) is 3.81. The zero-order valence-corrected chi connectivity index (χ0v) is 16.1. The van der Waals surface area contributed by atoms with Crippen LogP contribution < -0.4 is 10.2 Å². The van der Waals surface area contributed by atoms with Crippen LogP contribution in [0, 0.1) is 13.8 Å². The highest BCUT2D eigenvalue weighted by Gasteiger charge is 2.18. The molecule has 0 unspecified atom stereocenters. The van der Waals surface area contributed by atoms with Gasteiger partial charge in [0.15, 0.2) is 5.71 Å². The number of aryl methyl sites for hydroxylation is 2. The van der Waals surface area contributed by atoms with Crippen LogP contribution in [0.1, 0.15) is 22.3 Å². The van der Waals surface area contributed by atoms with Gasteiger partial charge >= 0.3 is 0 Å². The molecule has 0 heterocycles. The quantitative estimate of drug-likeness (QED) is 0.322. The number of oxime groups is 1. The van der Waals surface area contributed by atoms with Gasteiger partial charge < -0.3 is 10.2 Å². The number of nitrogens with zero attached hydrogens (tertiary/aromatic N) is 1. The molecule has 2 aromatic rings. The van der Waals surface area contributed by atoms with Crippen LogP contribution in [0.5, 0.6) is 0 Å². The Morgan fingerprint density at radius 2 is 1.85 bits per heavy atom. The highest BCUT2D eigenvalue weighted by Crippen LogP contribution is 2.20. The van der Waals surface area contributed by atoms with E-state index in [2.05, 4.69) is 15.4 Å². The van der Waals surface area contributed by atoms with Crippen LogP contribution in [0.3, 0.4) is 0 Å². The maximum absolute atomic E-state index is 12.1. The van der Waals surface area contributed by atoms with Crippen molar-refractivity contribution in [1.29, 1.82) is 0 Å². The van der Waals surface area contributed by atoms with Gasteiger partial charge in [-0.1, -0.05) is 41.6 Å². The second-order valence-electron chi connectivity index (χ2n) is 5.54. The maximum Gasteiger partial charge on any atom is 0.273 e. The molecule has 2 N–H and O–H groups in total. The largest absolute Gasteiger partial charge is 0.398 e. The predicted octanol–water partition coefficient (Wildman–Crippen LogP) is 3.13. The van der Waals surface area contributed by atoms with E-state index >= 15 is 0 Å². The Morgan fingerprint density at radius 3 is 2.54 bits per heavy atom. The summed E-state index contributed by atoms with van der Waals surface area (Å²) in [6.07, 6.45) is 0. The fraction of sp³-hybridized carbons (Fsp3) is 0.263. The molecule has 0 aromatic heterocycles. The summed E-state index contributed by atoms with van der Waals surface area (Å²) in [5.74, 6) is -0.319. The summed E-state index contributed by atoms with van der Waals surface area (Å²) in [5, 5.41) is 6.46. The number of hydrogen-bond donors (Lipinski definition) is 2. The van der Waals surface area contributed by atoms with E-state index in [0.29, 0.717) is 5.56 Å². The Bertz CT molecular complexity index is 793. The van der Waals surface area contributed by atoms with Crippen LogP contribution in [0.4, 0.5) is 0 Å². The number of carbonyl (C=O) groups is 1. The second-order valence-corrected chi connectivity index (χ2v) is 6.35. The number of rotatable bonds is 8. The molecule has 0 bridgehead atoms. The fourth-order valence-corrected chi connectivity index (χ4v) is 2.97. The topological polar surface area (TPSA) is 72.0 Å². The summed E-state index contributed by atoms with van der Waals surface area (Å²) in [5.41, 5.74) is 3.92. The molecule has 0 fully saturated rings. The van der Waals surface area contributed by atoms with Crippen LogP contribution in [0.25, 0.3) is 0 Å². The minimum absolute atomic E-state index is 0.212. The van der Waals surface area contributed by atoms with Gasteiger partial charge in [-0.25, -0.2) is 0 Å². The first-order valence-electron chi connectivity index (χ1n) is 8.09. The van der Waals surface area contributed by atoms with Crippen LogP contribution in [-0.4, -0.2) is 25.8 Å². The molecular formula is C19H23N3O3S. The Morgan fingerprint density at radius 1 is 1.12 bits per heavy atom. The van der Waals surface area contributed by atoms with E-state index in [1.807, 2.05) is 56.3 Å². The van der Waals surface area contributed by atoms with E-state index in [-0.39, 0.29) is 18.2 Å². The molecule has 1 amide bonds. The van der Waals surface area contributed by atoms with Crippen LogP contribution in [-0.2, 0) is 21.1 Å². The molecule has 2 rings (SSSR count). The van der Waals surface area contributed by atoms with Crippen LogP contribution >= 0.6 is 11.9 Å². The third-order valence-corrected chi connectivity index (χ3v) is 4.69. The Kier molecular flexibility index (Phi) is 7.65. The molecule has 7 heteroatoms. The van der Waals surface area contributed by atoms with Gasteiger partial charge in [0, 0.05) is 17.5 Å². The number of carbonyl (C=O) groups excluding carboxylic acids is 1. The lowest BCUT2D eigenvalue weighted by molar-refractivity contribution is -0.114. The van der Waals surface area contributed by atoms with E-state index < -0.39 is 0 Å². The molecule has 0 aliphatic rings. The molecule has 26 heavy (non-hydrogen) atoms. The summed E-state index contributed by atoms with van der Waals surface area (Å²) in [7, 11) is 2.97. The average Bonchev–Trinajstić information content (AvgIpc) is 2.65. The predicted molar refractivity (Wildman–Crippen MR) is 104 cm³/mol. The molecule has 138 valence electrons. The lowest BCUT2D eigenvalue weighted by Gasteiger charge is -2.14. The molecule has 0 aliphatic heterocycles. The molecule has 2 aromatic carbocycles. The van der Waals surface area contributed by atoms with E-state index in [0.717, 1.165) is 16.0 Å². The summed E-state index contributed by atoms with van der Waals surface area (Å²) in [6.45, 7) is 4.28. The number of likely N-dealkylation sites (N-methyl/N-ethyl adjacent to an activating group) is 1. The SMILES string of the molecule is CNC(=O)/C(=N/OC)c1cccc(C)c1CONSc1ccccc1C. The molecule has 0 saturated heterocycles. The van der Waals surface area contributed by atoms with Gasteiger partial charge in [-0.2, -0.15) is 0 Å². The summed E-state index contributed by atoms with van der Waals surface area (Å²) in [4.78, 5) is 26.6. The summed E-state index contributed by atoms with van der Waals surface area (Å²) >= 11 is 1.40. The van der Waals surface area contributed by atoms with Crippen LogP contribution in [0.15, 0.2) is 52.5 Å². The number of nitrogens with one attached hydrogen (secondary N) is 2. The van der Waals surface area contributed by atoms with Crippen molar-refractivity contribution in [3.05, 3.63) is 64.7 Å². The summed E-state index contributed by atoms with van der Waals surface area (Å²) < 4.78 is 0. The van der Waals surface area contributed by atoms with Gasteiger partial charge in [-0.15, -0.1) is 4.89 Å². The van der Waals surface area contributed by atoms with Crippen molar-refractivity contribution in [2.24, 2.45) is 5.16 Å². The monoisotopic (exact) mass is 373 g/mol. The van der Waals surface area contributed by atoms with Crippen molar-refractivity contribution in [2.45, 2.75) is 25.3 Å². The Balaban J connectivity index is 2.13. The van der Waals surface area contributed by atoms with Gasteiger partial charge in [-0.3, -0.25) is 9.63 Å². The zero-order valence-electron chi connectivity index (χ0n) is 15.3. The molecule has 0 atom stereocenters. The number of hydrogen-bond acceptors (Lipinski definition) is 6. The van der Waals surface area contributed by atoms with Crippen LogP contribution in [0.2, 0.25) is 0 Å². The van der Waals surface area contributed by atoms with E-state index in [4.69, 9.17) is 9.68 Å². The first kappa shape index (κ1) is 20.0. The van der Waals surface area contributed by atoms with Gasteiger partial charge in [0.2, 0.25) is 0 Å². The van der Waals surface area contributed by atoms with Gasteiger partial charge in [0.1, 0.15) is 7.11 Å². The smallest absolute Gasteiger partial charge is 0.273 e. The van der Waals surface area contributed by atoms with E-state index in [9.17, 15) is 4.79 Å². The van der Waals surface area contributed by atoms with Gasteiger partial charge in [-0.05, 0) is 48.6 Å². The Labute approximate surface area is 158 Å². The molecule has 0 saturated carbocycles. The first-order chi connectivity index (χ1) is 12.6. The van der Waals surface area contributed by atoms with Crippen molar-refractivity contribution in [1.82, 2.24) is 10.2 Å². The lowest BCUT2D eigenvalue weighted by atomic mass is 9.98. The molecule has 6 nitrogen and oxygen atoms in total. The van der Waals surface area contributed by atoms with Crippen molar-refractivity contribution >= 4 is 23.6 Å².